The summed E-state index contributed by atoms with van der Waals surface area (Å²) >= 11 is 0. The van der Waals surface area contributed by atoms with Crippen molar-refractivity contribution in [2.24, 2.45) is 0 Å². The number of ether oxygens (including phenoxy) is 3. The zero-order valence-corrected chi connectivity index (χ0v) is 7.24. The zero-order valence-electron chi connectivity index (χ0n) is 7.24. The van der Waals surface area contributed by atoms with E-state index in [1.54, 1.807) is 0 Å². The molecule has 2 unspecified atom stereocenters. The highest BCUT2D eigenvalue weighted by Gasteiger charge is 2.49. The van der Waals surface area contributed by atoms with E-state index in [2.05, 4.69) is 5.92 Å². The number of fused-ring (bicyclic) bond motifs is 1. The Kier molecular flexibility index (Phi) is 1.65. The van der Waals surface area contributed by atoms with E-state index in [0.29, 0.717) is 6.61 Å². The molecule has 0 saturated carbocycles. The lowest BCUT2D eigenvalue weighted by Gasteiger charge is -2.19. The van der Waals surface area contributed by atoms with Crippen LogP contribution in [0.3, 0.4) is 0 Å². The summed E-state index contributed by atoms with van der Waals surface area (Å²) in [6.07, 6.45) is 4.96. The van der Waals surface area contributed by atoms with E-state index in [1.165, 1.54) is 0 Å². The van der Waals surface area contributed by atoms with E-state index >= 15 is 0 Å². The van der Waals surface area contributed by atoms with Crippen LogP contribution in [0, 0.1) is 12.3 Å². The number of hydrogen-bond acceptors (Lipinski definition) is 3. The van der Waals surface area contributed by atoms with Gasteiger partial charge < -0.3 is 14.2 Å². The monoisotopic (exact) mass is 168 g/mol. The van der Waals surface area contributed by atoms with Crippen LogP contribution >= 0.6 is 0 Å². The molecule has 3 nitrogen and oxygen atoms in total. The lowest BCUT2D eigenvalue weighted by atomic mass is 10.2. The van der Waals surface area contributed by atoms with Gasteiger partial charge in [-0.05, 0) is 13.8 Å². The standard InChI is InChI=1S/C9H12O3/c1-4-6-8-7(5-10-6)11-9(2,3)12-8/h1,6-8H,5H2,2-3H3/t6-,7?,8?/m1/s1. The summed E-state index contributed by atoms with van der Waals surface area (Å²) in [5.41, 5.74) is 0. The third kappa shape index (κ3) is 1.13. The van der Waals surface area contributed by atoms with Gasteiger partial charge in [-0.15, -0.1) is 6.42 Å². The van der Waals surface area contributed by atoms with Crippen LogP contribution in [0.1, 0.15) is 13.8 Å². The van der Waals surface area contributed by atoms with Crippen molar-refractivity contribution < 1.29 is 14.2 Å². The lowest BCUT2D eigenvalue weighted by molar-refractivity contribution is -0.169. The van der Waals surface area contributed by atoms with Crippen LogP contribution in [0.25, 0.3) is 0 Å². The average Bonchev–Trinajstić information content (AvgIpc) is 2.42. The Morgan fingerprint density at radius 3 is 2.83 bits per heavy atom. The Morgan fingerprint density at radius 1 is 1.42 bits per heavy atom. The van der Waals surface area contributed by atoms with Crippen LogP contribution in [-0.4, -0.2) is 30.7 Å². The molecule has 0 radical (unpaired) electrons. The minimum absolute atomic E-state index is 0.0149. The zero-order chi connectivity index (χ0) is 8.77. The summed E-state index contributed by atoms with van der Waals surface area (Å²) in [5.74, 6) is 2.04. The Hall–Kier alpha value is -0.560. The second-order valence-corrected chi connectivity index (χ2v) is 3.56. The molecule has 66 valence electrons. The van der Waals surface area contributed by atoms with Gasteiger partial charge in [0.1, 0.15) is 18.3 Å². The van der Waals surface area contributed by atoms with Gasteiger partial charge in [0.05, 0.1) is 6.61 Å². The first kappa shape index (κ1) is 8.06. The first-order valence-corrected chi connectivity index (χ1v) is 4.06. The van der Waals surface area contributed by atoms with Crippen LogP contribution in [0.15, 0.2) is 0 Å². The third-order valence-corrected chi connectivity index (χ3v) is 2.12. The summed E-state index contributed by atoms with van der Waals surface area (Å²) in [7, 11) is 0. The van der Waals surface area contributed by atoms with Crippen molar-refractivity contribution in [3.8, 4) is 12.3 Å². The molecule has 0 aromatic rings. The molecule has 0 bridgehead atoms. The quantitative estimate of drug-likeness (QED) is 0.494. The van der Waals surface area contributed by atoms with Crippen molar-refractivity contribution in [2.45, 2.75) is 37.9 Å². The van der Waals surface area contributed by atoms with Gasteiger partial charge in [0.25, 0.3) is 0 Å². The fourth-order valence-electron chi connectivity index (χ4n) is 1.68. The molecule has 12 heavy (non-hydrogen) atoms. The highest BCUT2D eigenvalue weighted by Crippen LogP contribution is 2.34. The molecule has 3 atom stereocenters. The van der Waals surface area contributed by atoms with Gasteiger partial charge >= 0.3 is 0 Å². The van der Waals surface area contributed by atoms with E-state index in [0.717, 1.165) is 0 Å². The van der Waals surface area contributed by atoms with Crippen molar-refractivity contribution >= 4 is 0 Å². The van der Waals surface area contributed by atoms with Crippen LogP contribution in [0.4, 0.5) is 0 Å². The summed E-state index contributed by atoms with van der Waals surface area (Å²) in [6.45, 7) is 4.32. The van der Waals surface area contributed by atoms with Gasteiger partial charge in [-0.25, -0.2) is 0 Å². The van der Waals surface area contributed by atoms with Crippen LogP contribution < -0.4 is 0 Å². The molecule has 0 aromatic carbocycles. The lowest BCUT2D eigenvalue weighted by Crippen LogP contribution is -2.28. The van der Waals surface area contributed by atoms with Crippen LogP contribution in [0.2, 0.25) is 0 Å². The molecular weight excluding hydrogens is 156 g/mol. The van der Waals surface area contributed by atoms with Gasteiger partial charge in [-0.2, -0.15) is 0 Å². The normalized spacial score (nSPS) is 43.9. The van der Waals surface area contributed by atoms with Crippen LogP contribution in [0.5, 0.6) is 0 Å². The van der Waals surface area contributed by atoms with E-state index in [4.69, 9.17) is 20.6 Å². The topological polar surface area (TPSA) is 27.7 Å². The number of hydrogen-bond donors (Lipinski definition) is 0. The Labute approximate surface area is 72.0 Å². The third-order valence-electron chi connectivity index (χ3n) is 2.12. The SMILES string of the molecule is C#C[C@H]1OCC2OC(C)(C)OC21. The van der Waals surface area contributed by atoms with Gasteiger partial charge in [-0.3, -0.25) is 0 Å². The van der Waals surface area contributed by atoms with E-state index < -0.39 is 5.79 Å². The first-order chi connectivity index (χ1) is 5.62. The van der Waals surface area contributed by atoms with Gasteiger partial charge in [0, 0.05) is 0 Å². The summed E-state index contributed by atoms with van der Waals surface area (Å²) < 4.78 is 16.4. The summed E-state index contributed by atoms with van der Waals surface area (Å²) in [4.78, 5) is 0. The van der Waals surface area contributed by atoms with Crippen molar-refractivity contribution in [3.05, 3.63) is 0 Å². The molecule has 3 heteroatoms. The van der Waals surface area contributed by atoms with E-state index in [-0.39, 0.29) is 18.3 Å². The van der Waals surface area contributed by atoms with E-state index in [1.807, 2.05) is 13.8 Å². The van der Waals surface area contributed by atoms with E-state index in [9.17, 15) is 0 Å². The molecule has 2 heterocycles. The summed E-state index contributed by atoms with van der Waals surface area (Å²) in [6, 6.07) is 0. The Balaban J connectivity index is 2.12. The van der Waals surface area contributed by atoms with Crippen molar-refractivity contribution in [2.75, 3.05) is 6.61 Å². The molecule has 2 saturated heterocycles. The predicted molar refractivity (Wildman–Crippen MR) is 42.4 cm³/mol. The predicted octanol–water partition coefficient (Wildman–Crippen LogP) is 0.538. The maximum absolute atomic E-state index is 5.59. The molecule has 2 aliphatic heterocycles. The van der Waals surface area contributed by atoms with Gasteiger partial charge in [0.15, 0.2) is 5.79 Å². The molecule has 0 spiro atoms. The molecule has 2 rings (SSSR count). The maximum atomic E-state index is 5.59. The summed E-state index contributed by atoms with van der Waals surface area (Å²) in [5, 5.41) is 0. The largest absolute Gasteiger partial charge is 0.360 e. The molecular formula is C9H12O3. The first-order valence-electron chi connectivity index (χ1n) is 4.06. The van der Waals surface area contributed by atoms with Gasteiger partial charge in [0.2, 0.25) is 0 Å². The maximum Gasteiger partial charge on any atom is 0.164 e. The fraction of sp³-hybridized carbons (Fsp3) is 0.778. The van der Waals surface area contributed by atoms with Crippen LogP contribution in [-0.2, 0) is 14.2 Å². The molecule has 0 aromatic heterocycles. The number of rotatable bonds is 0. The molecule has 2 aliphatic rings. The molecule has 0 N–H and O–H groups in total. The van der Waals surface area contributed by atoms with Crippen molar-refractivity contribution in [1.29, 1.82) is 0 Å². The Morgan fingerprint density at radius 2 is 2.17 bits per heavy atom. The smallest absolute Gasteiger partial charge is 0.164 e. The Bertz CT molecular complexity index is 228. The highest BCUT2D eigenvalue weighted by atomic mass is 16.8. The van der Waals surface area contributed by atoms with Crippen molar-refractivity contribution in [1.82, 2.24) is 0 Å². The van der Waals surface area contributed by atoms with Gasteiger partial charge in [-0.1, -0.05) is 5.92 Å². The minimum Gasteiger partial charge on any atom is -0.360 e. The molecule has 0 amide bonds. The average molecular weight is 168 g/mol. The second kappa shape index (κ2) is 2.46. The molecule has 0 aliphatic carbocycles. The molecule has 2 fully saturated rings. The minimum atomic E-state index is -0.506. The second-order valence-electron chi connectivity index (χ2n) is 3.56. The fourth-order valence-corrected chi connectivity index (χ4v) is 1.68. The highest BCUT2D eigenvalue weighted by molar-refractivity contribution is 5.07. The van der Waals surface area contributed by atoms with Crippen molar-refractivity contribution in [3.63, 3.8) is 0 Å². The number of terminal acetylenes is 1.